The van der Waals surface area contributed by atoms with E-state index >= 15 is 0 Å². The fourth-order valence-electron chi connectivity index (χ4n) is 1.59. The van der Waals surface area contributed by atoms with Crippen LogP contribution >= 0.6 is 23.4 Å². The number of rotatable bonds is 7. The van der Waals surface area contributed by atoms with Crippen molar-refractivity contribution in [2.75, 3.05) is 5.88 Å². The smallest absolute Gasteiger partial charge is 0.0673 e. The number of halogens is 1. The van der Waals surface area contributed by atoms with E-state index in [-0.39, 0.29) is 11.4 Å². The predicted molar refractivity (Wildman–Crippen MR) is 72.3 cm³/mol. The van der Waals surface area contributed by atoms with Crippen molar-refractivity contribution < 1.29 is 5.11 Å². The first kappa shape index (κ1) is 13.9. The Hall–Kier alpha value is -0.180. The van der Waals surface area contributed by atoms with Crippen molar-refractivity contribution in [1.82, 2.24) is 0 Å². The lowest BCUT2D eigenvalue weighted by atomic mass is 10.1. The van der Waals surface area contributed by atoms with Crippen LogP contribution in [0.15, 0.2) is 35.2 Å². The Morgan fingerprint density at radius 2 is 1.94 bits per heavy atom. The van der Waals surface area contributed by atoms with E-state index in [0.717, 1.165) is 12.8 Å². The number of hydrogen-bond donors (Lipinski definition) is 1. The summed E-state index contributed by atoms with van der Waals surface area (Å²) in [7, 11) is 0. The van der Waals surface area contributed by atoms with Crippen molar-refractivity contribution in [3.63, 3.8) is 0 Å². The molecule has 0 bridgehead atoms. The minimum atomic E-state index is -0.303. The number of thioether (sulfide) groups is 1. The van der Waals surface area contributed by atoms with Crippen LogP contribution in [-0.2, 0) is 0 Å². The van der Waals surface area contributed by atoms with Gasteiger partial charge in [0.05, 0.1) is 6.10 Å². The molecule has 0 saturated heterocycles. The van der Waals surface area contributed by atoms with E-state index in [1.54, 1.807) is 11.8 Å². The van der Waals surface area contributed by atoms with Gasteiger partial charge in [0.25, 0.3) is 0 Å². The summed E-state index contributed by atoms with van der Waals surface area (Å²) in [6.45, 7) is 2.14. The number of benzene rings is 1. The van der Waals surface area contributed by atoms with E-state index in [4.69, 9.17) is 11.6 Å². The summed E-state index contributed by atoms with van der Waals surface area (Å²) in [5.41, 5.74) is 0. The molecule has 0 heterocycles. The van der Waals surface area contributed by atoms with Gasteiger partial charge >= 0.3 is 0 Å². The van der Waals surface area contributed by atoms with Crippen molar-refractivity contribution in [3.05, 3.63) is 30.3 Å². The van der Waals surface area contributed by atoms with Gasteiger partial charge in [0.1, 0.15) is 0 Å². The molecule has 0 aliphatic heterocycles. The summed E-state index contributed by atoms with van der Waals surface area (Å²) in [4.78, 5) is 1.22. The zero-order chi connectivity index (χ0) is 11.8. The molecule has 1 rings (SSSR count). The molecule has 0 aromatic heterocycles. The molecule has 1 aromatic rings. The molecule has 1 nitrogen and oxygen atoms in total. The van der Waals surface area contributed by atoms with Crippen LogP contribution in [0.25, 0.3) is 0 Å². The number of alkyl halides is 1. The minimum absolute atomic E-state index is 0.256. The summed E-state index contributed by atoms with van der Waals surface area (Å²) in [5.74, 6) is 0.525. The Morgan fingerprint density at radius 3 is 2.50 bits per heavy atom. The Balaban J connectivity index is 2.57. The third-order valence-corrected chi connectivity index (χ3v) is 4.05. The van der Waals surface area contributed by atoms with Crippen molar-refractivity contribution in [3.8, 4) is 0 Å². The highest BCUT2D eigenvalue weighted by molar-refractivity contribution is 8.00. The van der Waals surface area contributed by atoms with Crippen LogP contribution in [-0.4, -0.2) is 22.3 Å². The molecule has 2 atom stereocenters. The highest BCUT2D eigenvalue weighted by atomic mass is 35.5. The van der Waals surface area contributed by atoms with Gasteiger partial charge in [-0.25, -0.2) is 0 Å². The first-order valence-corrected chi connectivity index (χ1v) is 7.15. The van der Waals surface area contributed by atoms with Gasteiger partial charge in [0.2, 0.25) is 0 Å². The highest BCUT2D eigenvalue weighted by Gasteiger charge is 2.18. The van der Waals surface area contributed by atoms with E-state index in [0.29, 0.717) is 12.3 Å². The maximum absolute atomic E-state index is 10.00. The van der Waals surface area contributed by atoms with E-state index in [9.17, 15) is 5.11 Å². The van der Waals surface area contributed by atoms with Crippen LogP contribution < -0.4 is 0 Å². The van der Waals surface area contributed by atoms with Gasteiger partial charge < -0.3 is 5.11 Å². The van der Waals surface area contributed by atoms with E-state index < -0.39 is 0 Å². The van der Waals surface area contributed by atoms with Crippen LogP contribution in [0, 0.1) is 0 Å². The Bertz CT molecular complexity index is 279. The second-order valence-electron chi connectivity index (χ2n) is 3.80. The van der Waals surface area contributed by atoms with E-state index in [1.165, 1.54) is 4.90 Å². The summed E-state index contributed by atoms with van der Waals surface area (Å²) >= 11 is 7.43. The van der Waals surface area contributed by atoms with Crippen LogP contribution in [0.5, 0.6) is 0 Å². The monoisotopic (exact) mass is 258 g/mol. The van der Waals surface area contributed by atoms with Gasteiger partial charge in [-0.05, 0) is 25.0 Å². The third kappa shape index (κ3) is 4.77. The topological polar surface area (TPSA) is 20.2 Å². The van der Waals surface area contributed by atoms with Crippen molar-refractivity contribution in [1.29, 1.82) is 0 Å². The van der Waals surface area contributed by atoms with Gasteiger partial charge in [-0.2, -0.15) is 0 Å². The maximum Gasteiger partial charge on any atom is 0.0673 e. The van der Waals surface area contributed by atoms with Crippen LogP contribution in [0.3, 0.4) is 0 Å². The second-order valence-corrected chi connectivity index (χ2v) is 5.49. The molecule has 0 fully saturated rings. The first-order valence-electron chi connectivity index (χ1n) is 5.73. The van der Waals surface area contributed by atoms with E-state index in [2.05, 4.69) is 19.1 Å². The molecule has 0 amide bonds. The van der Waals surface area contributed by atoms with Gasteiger partial charge in [-0.1, -0.05) is 31.5 Å². The van der Waals surface area contributed by atoms with Crippen LogP contribution in [0.2, 0.25) is 0 Å². The molecule has 0 aliphatic rings. The lowest BCUT2D eigenvalue weighted by Crippen LogP contribution is -2.23. The largest absolute Gasteiger partial charge is 0.392 e. The fraction of sp³-hybridized carbons (Fsp3) is 0.538. The molecule has 0 saturated carbocycles. The zero-order valence-electron chi connectivity index (χ0n) is 9.60. The molecular weight excluding hydrogens is 240 g/mol. The first-order chi connectivity index (χ1) is 7.77. The SMILES string of the molecule is CCC[C@H](Sc1ccccc1)[C@@H](O)CCCl. The van der Waals surface area contributed by atoms with Crippen molar-refractivity contribution in [2.45, 2.75) is 42.4 Å². The van der Waals surface area contributed by atoms with Gasteiger partial charge in [-0.15, -0.1) is 23.4 Å². The third-order valence-electron chi connectivity index (χ3n) is 2.44. The molecule has 1 aromatic carbocycles. The van der Waals surface area contributed by atoms with Crippen molar-refractivity contribution in [2.24, 2.45) is 0 Å². The molecule has 0 radical (unpaired) electrons. The molecule has 16 heavy (non-hydrogen) atoms. The van der Waals surface area contributed by atoms with Crippen LogP contribution in [0.1, 0.15) is 26.2 Å². The molecule has 0 aliphatic carbocycles. The van der Waals surface area contributed by atoms with Crippen molar-refractivity contribution >= 4 is 23.4 Å². The van der Waals surface area contributed by atoms with Gasteiger partial charge in [0, 0.05) is 16.0 Å². The van der Waals surface area contributed by atoms with Gasteiger partial charge in [-0.3, -0.25) is 0 Å². The summed E-state index contributed by atoms with van der Waals surface area (Å²) in [6.07, 6.45) is 2.48. The zero-order valence-corrected chi connectivity index (χ0v) is 11.2. The highest BCUT2D eigenvalue weighted by Crippen LogP contribution is 2.29. The average Bonchev–Trinajstić information content (AvgIpc) is 2.30. The minimum Gasteiger partial charge on any atom is -0.392 e. The Labute approximate surface area is 107 Å². The molecule has 0 spiro atoms. The summed E-state index contributed by atoms with van der Waals surface area (Å²) in [5, 5.41) is 10.3. The molecule has 1 N–H and O–H groups in total. The molecule has 90 valence electrons. The fourth-order valence-corrected chi connectivity index (χ4v) is 3.12. The average molecular weight is 259 g/mol. The Morgan fingerprint density at radius 1 is 1.25 bits per heavy atom. The molecular formula is C13H19ClOS. The lowest BCUT2D eigenvalue weighted by molar-refractivity contribution is 0.164. The van der Waals surface area contributed by atoms with Gasteiger partial charge in [0.15, 0.2) is 0 Å². The normalized spacial score (nSPS) is 14.7. The number of hydrogen-bond acceptors (Lipinski definition) is 2. The standard InChI is InChI=1S/C13H19ClOS/c1-2-6-13(12(15)9-10-14)16-11-7-4-3-5-8-11/h3-5,7-8,12-13,15H,2,6,9-10H2,1H3/t12-,13-/m0/s1. The van der Waals surface area contributed by atoms with E-state index in [1.807, 2.05) is 18.2 Å². The maximum atomic E-state index is 10.00. The lowest BCUT2D eigenvalue weighted by Gasteiger charge is -2.21. The summed E-state index contributed by atoms with van der Waals surface area (Å²) in [6, 6.07) is 10.2. The molecule has 3 heteroatoms. The summed E-state index contributed by atoms with van der Waals surface area (Å²) < 4.78 is 0. The van der Waals surface area contributed by atoms with Crippen LogP contribution in [0.4, 0.5) is 0 Å². The number of aliphatic hydroxyl groups excluding tert-OH is 1. The number of aliphatic hydroxyl groups is 1. The second kappa shape index (κ2) is 7.99. The quantitative estimate of drug-likeness (QED) is 0.591. The Kier molecular flexibility index (Phi) is 6.93. The predicted octanol–water partition coefficient (Wildman–Crippen LogP) is 3.94. The molecule has 0 unspecified atom stereocenters.